The summed E-state index contributed by atoms with van der Waals surface area (Å²) in [6, 6.07) is 13.9. The number of fused-ring (bicyclic) bond motifs is 1. The number of nitrogens with zero attached hydrogens (tertiary/aromatic N) is 2. The summed E-state index contributed by atoms with van der Waals surface area (Å²) in [5, 5.41) is 0. The molecule has 21 heavy (non-hydrogen) atoms. The van der Waals surface area contributed by atoms with Gasteiger partial charge in [0.25, 0.3) is 5.91 Å². The highest BCUT2D eigenvalue weighted by atomic mass is 79.9. The maximum absolute atomic E-state index is 12.9. The van der Waals surface area contributed by atoms with E-state index in [1.165, 1.54) is 0 Å². The fourth-order valence-electron chi connectivity index (χ4n) is 2.69. The second-order valence-corrected chi connectivity index (χ2v) is 6.24. The molecule has 0 saturated carbocycles. The van der Waals surface area contributed by atoms with Crippen LogP contribution in [0.25, 0.3) is 0 Å². The summed E-state index contributed by atoms with van der Waals surface area (Å²) in [4.78, 5) is 17.0. The maximum Gasteiger partial charge on any atom is 0.258 e. The van der Waals surface area contributed by atoms with Gasteiger partial charge in [-0.05, 0) is 36.8 Å². The Morgan fingerprint density at radius 3 is 2.57 bits per heavy atom. The highest BCUT2D eigenvalue weighted by molar-refractivity contribution is 9.10. The van der Waals surface area contributed by atoms with Crippen molar-refractivity contribution in [2.45, 2.75) is 6.92 Å². The van der Waals surface area contributed by atoms with Crippen molar-refractivity contribution in [2.24, 2.45) is 0 Å². The van der Waals surface area contributed by atoms with Crippen LogP contribution in [0.5, 0.6) is 0 Å². The molecule has 3 rings (SSSR count). The van der Waals surface area contributed by atoms with Crippen molar-refractivity contribution in [3.8, 4) is 0 Å². The fourth-order valence-corrected chi connectivity index (χ4v) is 3.05. The lowest BCUT2D eigenvalue weighted by Crippen LogP contribution is -2.42. The van der Waals surface area contributed by atoms with Crippen molar-refractivity contribution in [1.29, 1.82) is 0 Å². The first-order chi connectivity index (χ1) is 10.1. The summed E-state index contributed by atoms with van der Waals surface area (Å²) < 4.78 is 0.930. The summed E-state index contributed by atoms with van der Waals surface area (Å²) in [5.41, 5.74) is 3.84. The zero-order chi connectivity index (χ0) is 15.0. The van der Waals surface area contributed by atoms with E-state index in [1.807, 2.05) is 48.2 Å². The number of halogens is 1. The molecule has 1 aliphatic heterocycles. The quantitative estimate of drug-likeness (QED) is 0.784. The second kappa shape index (κ2) is 5.53. The van der Waals surface area contributed by atoms with Crippen molar-refractivity contribution in [3.63, 3.8) is 0 Å². The molecule has 0 atom stereocenters. The number of amides is 1. The molecule has 0 saturated heterocycles. The molecule has 1 amide bonds. The van der Waals surface area contributed by atoms with E-state index in [2.05, 4.69) is 33.9 Å². The average Bonchev–Trinajstić information content (AvgIpc) is 2.50. The van der Waals surface area contributed by atoms with E-state index in [0.717, 1.165) is 33.5 Å². The first-order valence-electron chi connectivity index (χ1n) is 6.96. The third-order valence-electron chi connectivity index (χ3n) is 3.92. The van der Waals surface area contributed by atoms with Crippen LogP contribution >= 0.6 is 15.9 Å². The normalized spacial score (nSPS) is 14.0. The Hall–Kier alpha value is -1.81. The van der Waals surface area contributed by atoms with Crippen LogP contribution in [0.3, 0.4) is 0 Å². The van der Waals surface area contributed by atoms with E-state index in [4.69, 9.17) is 0 Å². The zero-order valence-electron chi connectivity index (χ0n) is 12.1. The minimum absolute atomic E-state index is 0.0642. The van der Waals surface area contributed by atoms with E-state index < -0.39 is 0 Å². The number of likely N-dealkylation sites (N-methyl/N-ethyl adjacent to an activating group) is 1. The lowest BCUT2D eigenvalue weighted by atomic mass is 10.1. The smallest absolute Gasteiger partial charge is 0.258 e. The minimum Gasteiger partial charge on any atom is -0.371 e. The Morgan fingerprint density at radius 2 is 1.81 bits per heavy atom. The molecule has 1 heterocycles. The second-order valence-electron chi connectivity index (χ2n) is 5.33. The van der Waals surface area contributed by atoms with Gasteiger partial charge in [0.1, 0.15) is 0 Å². The van der Waals surface area contributed by atoms with Crippen LogP contribution in [-0.4, -0.2) is 26.0 Å². The van der Waals surface area contributed by atoms with Gasteiger partial charge in [-0.3, -0.25) is 4.79 Å². The fraction of sp³-hybridized carbons (Fsp3) is 0.235. The maximum atomic E-state index is 12.9. The highest BCUT2D eigenvalue weighted by Crippen LogP contribution is 2.33. The van der Waals surface area contributed by atoms with Crippen LogP contribution in [0.1, 0.15) is 15.9 Å². The summed E-state index contributed by atoms with van der Waals surface area (Å²) in [6.07, 6.45) is 0. The van der Waals surface area contributed by atoms with Crippen LogP contribution in [0.15, 0.2) is 46.9 Å². The Bertz CT molecular complexity index is 699. The molecule has 0 aromatic heterocycles. The molecule has 108 valence electrons. The zero-order valence-corrected chi connectivity index (χ0v) is 13.7. The third-order valence-corrected chi connectivity index (χ3v) is 4.41. The van der Waals surface area contributed by atoms with Crippen molar-refractivity contribution in [3.05, 3.63) is 58.1 Å². The van der Waals surface area contributed by atoms with Gasteiger partial charge in [0, 0.05) is 30.2 Å². The van der Waals surface area contributed by atoms with Gasteiger partial charge in [-0.25, -0.2) is 0 Å². The topological polar surface area (TPSA) is 23.6 Å². The van der Waals surface area contributed by atoms with Gasteiger partial charge >= 0.3 is 0 Å². The van der Waals surface area contributed by atoms with E-state index in [9.17, 15) is 4.79 Å². The largest absolute Gasteiger partial charge is 0.371 e. The van der Waals surface area contributed by atoms with E-state index in [1.54, 1.807) is 0 Å². The number of hydrogen-bond acceptors (Lipinski definition) is 2. The molecule has 0 N–H and O–H groups in total. The molecule has 2 aromatic carbocycles. The van der Waals surface area contributed by atoms with E-state index >= 15 is 0 Å². The average molecular weight is 345 g/mol. The molecule has 0 bridgehead atoms. The summed E-state index contributed by atoms with van der Waals surface area (Å²) >= 11 is 3.45. The highest BCUT2D eigenvalue weighted by Gasteiger charge is 2.26. The van der Waals surface area contributed by atoms with Crippen LogP contribution in [-0.2, 0) is 0 Å². The van der Waals surface area contributed by atoms with E-state index in [0.29, 0.717) is 6.54 Å². The molecular weight excluding hydrogens is 328 g/mol. The number of carbonyl (C=O) groups excluding carboxylic acids is 1. The van der Waals surface area contributed by atoms with Gasteiger partial charge in [-0.1, -0.05) is 34.1 Å². The van der Waals surface area contributed by atoms with Gasteiger partial charge < -0.3 is 9.80 Å². The Labute approximate surface area is 133 Å². The molecule has 1 aliphatic rings. The third kappa shape index (κ3) is 2.56. The SMILES string of the molecule is Cc1ccc(Br)cc1C(=O)N1CCN(C)c2ccccc21. The van der Waals surface area contributed by atoms with Gasteiger partial charge in [-0.15, -0.1) is 0 Å². The Balaban J connectivity index is 2.03. The molecule has 0 radical (unpaired) electrons. The molecule has 4 heteroatoms. The first kappa shape index (κ1) is 14.1. The minimum atomic E-state index is 0.0642. The summed E-state index contributed by atoms with van der Waals surface area (Å²) in [6.45, 7) is 3.52. The van der Waals surface area contributed by atoms with Crippen molar-refractivity contribution >= 4 is 33.2 Å². The number of hydrogen-bond donors (Lipinski definition) is 0. The molecule has 0 aliphatic carbocycles. The molecule has 0 fully saturated rings. The van der Waals surface area contributed by atoms with Crippen LogP contribution < -0.4 is 9.80 Å². The molecule has 0 spiro atoms. The number of aryl methyl sites for hydroxylation is 1. The molecule has 0 unspecified atom stereocenters. The van der Waals surface area contributed by atoms with Crippen molar-refractivity contribution in [1.82, 2.24) is 0 Å². The van der Waals surface area contributed by atoms with Crippen LogP contribution in [0.4, 0.5) is 11.4 Å². The number of rotatable bonds is 1. The first-order valence-corrected chi connectivity index (χ1v) is 7.75. The van der Waals surface area contributed by atoms with Gasteiger partial charge in [0.15, 0.2) is 0 Å². The summed E-state index contributed by atoms with van der Waals surface area (Å²) in [5.74, 6) is 0.0642. The van der Waals surface area contributed by atoms with Crippen LogP contribution in [0.2, 0.25) is 0 Å². The Morgan fingerprint density at radius 1 is 1.10 bits per heavy atom. The standard InChI is InChI=1S/C17H17BrN2O/c1-12-7-8-13(18)11-14(12)17(21)20-10-9-19(2)15-5-3-4-6-16(15)20/h3-8,11H,9-10H2,1-2H3. The molecule has 3 nitrogen and oxygen atoms in total. The number of carbonyl (C=O) groups is 1. The van der Waals surface area contributed by atoms with Gasteiger partial charge in [0.05, 0.1) is 11.4 Å². The van der Waals surface area contributed by atoms with Crippen molar-refractivity contribution < 1.29 is 4.79 Å². The number of para-hydroxylation sites is 2. The monoisotopic (exact) mass is 344 g/mol. The molecular formula is C17H17BrN2O. The van der Waals surface area contributed by atoms with Gasteiger partial charge in [-0.2, -0.15) is 0 Å². The lowest BCUT2D eigenvalue weighted by Gasteiger charge is -2.35. The van der Waals surface area contributed by atoms with Crippen molar-refractivity contribution in [2.75, 3.05) is 29.9 Å². The predicted octanol–water partition coefficient (Wildman–Crippen LogP) is 3.85. The number of anilines is 2. The predicted molar refractivity (Wildman–Crippen MR) is 90.3 cm³/mol. The van der Waals surface area contributed by atoms with E-state index in [-0.39, 0.29) is 5.91 Å². The summed E-state index contributed by atoms with van der Waals surface area (Å²) in [7, 11) is 2.06. The lowest BCUT2D eigenvalue weighted by molar-refractivity contribution is 0.0986. The van der Waals surface area contributed by atoms with Crippen LogP contribution in [0, 0.1) is 6.92 Å². The van der Waals surface area contributed by atoms with Gasteiger partial charge in [0.2, 0.25) is 0 Å². The Kier molecular flexibility index (Phi) is 3.72. The number of benzene rings is 2. The molecule has 2 aromatic rings.